The Morgan fingerprint density at radius 3 is 2.89 bits per heavy atom. The molecule has 0 fully saturated rings. The highest BCUT2D eigenvalue weighted by atomic mass is 19.1. The lowest BCUT2D eigenvalue weighted by Gasteiger charge is -2.07. The second-order valence-corrected chi connectivity index (χ2v) is 3.93. The van der Waals surface area contributed by atoms with Gasteiger partial charge in [0.1, 0.15) is 11.4 Å². The zero-order chi connectivity index (χ0) is 13.7. The fourth-order valence-corrected chi connectivity index (χ4v) is 1.55. The van der Waals surface area contributed by atoms with E-state index >= 15 is 0 Å². The largest absolute Gasteiger partial charge is 0.495 e. The van der Waals surface area contributed by atoms with E-state index in [2.05, 4.69) is 20.3 Å². The third kappa shape index (κ3) is 3.15. The van der Waals surface area contributed by atoms with Crippen molar-refractivity contribution >= 4 is 5.95 Å². The summed E-state index contributed by atoms with van der Waals surface area (Å²) in [4.78, 5) is 12.1. The van der Waals surface area contributed by atoms with Crippen LogP contribution in [-0.4, -0.2) is 28.6 Å². The summed E-state index contributed by atoms with van der Waals surface area (Å²) in [5.41, 5.74) is 0.763. The molecule has 0 bridgehead atoms. The van der Waals surface area contributed by atoms with Gasteiger partial charge in [-0.25, -0.2) is 14.4 Å². The number of anilines is 1. The van der Waals surface area contributed by atoms with Crippen LogP contribution in [0, 0.1) is 5.82 Å². The molecule has 0 aromatic carbocycles. The zero-order valence-corrected chi connectivity index (χ0v) is 10.9. The van der Waals surface area contributed by atoms with Crippen molar-refractivity contribution in [3.8, 4) is 17.0 Å². The van der Waals surface area contributed by atoms with E-state index in [0.29, 0.717) is 17.3 Å². The molecule has 6 heteroatoms. The molecule has 0 radical (unpaired) electrons. The van der Waals surface area contributed by atoms with E-state index in [1.165, 1.54) is 13.3 Å². The van der Waals surface area contributed by atoms with Gasteiger partial charge in [0.25, 0.3) is 0 Å². The van der Waals surface area contributed by atoms with Crippen LogP contribution in [0.3, 0.4) is 0 Å². The minimum Gasteiger partial charge on any atom is -0.495 e. The van der Waals surface area contributed by atoms with Gasteiger partial charge in [0.05, 0.1) is 19.5 Å². The van der Waals surface area contributed by atoms with E-state index in [0.717, 1.165) is 19.2 Å². The zero-order valence-electron chi connectivity index (χ0n) is 10.9. The molecule has 0 aliphatic carbocycles. The van der Waals surface area contributed by atoms with Gasteiger partial charge >= 0.3 is 0 Å². The topological polar surface area (TPSA) is 59.9 Å². The summed E-state index contributed by atoms with van der Waals surface area (Å²) >= 11 is 0. The lowest BCUT2D eigenvalue weighted by atomic mass is 10.2. The molecule has 0 aliphatic heterocycles. The third-order valence-electron chi connectivity index (χ3n) is 2.50. The van der Waals surface area contributed by atoms with E-state index in [9.17, 15) is 4.39 Å². The molecule has 0 aliphatic rings. The van der Waals surface area contributed by atoms with Crippen LogP contribution >= 0.6 is 0 Å². The van der Waals surface area contributed by atoms with E-state index < -0.39 is 5.82 Å². The molecule has 0 atom stereocenters. The molecule has 2 aromatic rings. The van der Waals surface area contributed by atoms with Crippen LogP contribution in [-0.2, 0) is 0 Å². The Balaban J connectivity index is 2.36. The summed E-state index contributed by atoms with van der Waals surface area (Å²) in [7, 11) is 1.53. The summed E-state index contributed by atoms with van der Waals surface area (Å²) in [6.45, 7) is 2.77. The van der Waals surface area contributed by atoms with E-state index in [4.69, 9.17) is 4.74 Å². The van der Waals surface area contributed by atoms with Crippen molar-refractivity contribution in [1.82, 2.24) is 15.0 Å². The lowest BCUT2D eigenvalue weighted by molar-refractivity contribution is 0.413. The third-order valence-corrected chi connectivity index (χ3v) is 2.50. The van der Waals surface area contributed by atoms with E-state index in [1.54, 1.807) is 12.3 Å². The molecule has 19 heavy (non-hydrogen) atoms. The first-order valence-corrected chi connectivity index (χ1v) is 6.00. The molecule has 100 valence electrons. The predicted molar refractivity (Wildman–Crippen MR) is 70.6 cm³/mol. The summed E-state index contributed by atoms with van der Waals surface area (Å²) in [5.74, 6) is 0.469. The maximum absolute atomic E-state index is 13.8. The first kappa shape index (κ1) is 13.2. The molecule has 0 saturated heterocycles. The van der Waals surface area contributed by atoms with Crippen LogP contribution in [0.25, 0.3) is 11.3 Å². The predicted octanol–water partition coefficient (Wildman–Crippen LogP) is 2.51. The number of pyridine rings is 1. The number of hydrogen-bond acceptors (Lipinski definition) is 5. The lowest BCUT2D eigenvalue weighted by Crippen LogP contribution is -2.05. The number of methoxy groups -OCH3 is 1. The molecular formula is C13H15FN4O. The van der Waals surface area contributed by atoms with Gasteiger partial charge in [-0.05, 0) is 12.5 Å². The Bertz CT molecular complexity index is 562. The van der Waals surface area contributed by atoms with Crippen molar-refractivity contribution in [1.29, 1.82) is 0 Å². The first-order chi connectivity index (χ1) is 9.24. The summed E-state index contributed by atoms with van der Waals surface area (Å²) in [6, 6.07) is 1.68. The Labute approximate surface area is 110 Å². The minimum atomic E-state index is -0.489. The molecule has 1 N–H and O–H groups in total. The number of nitrogens with one attached hydrogen (secondary N) is 1. The van der Waals surface area contributed by atoms with Crippen LogP contribution < -0.4 is 10.1 Å². The second kappa shape index (κ2) is 6.08. The molecule has 2 aromatic heterocycles. The number of rotatable bonds is 5. The second-order valence-electron chi connectivity index (χ2n) is 3.93. The highest BCUT2D eigenvalue weighted by molar-refractivity contribution is 5.61. The van der Waals surface area contributed by atoms with Crippen LogP contribution in [0.4, 0.5) is 10.3 Å². The minimum absolute atomic E-state index is 0.208. The smallest absolute Gasteiger partial charge is 0.223 e. The molecule has 5 nitrogen and oxygen atoms in total. The van der Waals surface area contributed by atoms with Gasteiger partial charge < -0.3 is 10.1 Å². The monoisotopic (exact) mass is 262 g/mol. The highest BCUT2D eigenvalue weighted by Crippen LogP contribution is 2.23. The van der Waals surface area contributed by atoms with Crippen molar-refractivity contribution in [3.63, 3.8) is 0 Å². The maximum atomic E-state index is 13.8. The quantitative estimate of drug-likeness (QED) is 0.897. The van der Waals surface area contributed by atoms with Crippen molar-refractivity contribution in [2.75, 3.05) is 19.0 Å². The molecule has 0 unspecified atom stereocenters. The van der Waals surface area contributed by atoms with Gasteiger partial charge in [-0.1, -0.05) is 6.92 Å². The number of aromatic nitrogens is 3. The van der Waals surface area contributed by atoms with E-state index in [-0.39, 0.29) is 5.69 Å². The average Bonchev–Trinajstić information content (AvgIpc) is 2.46. The molecule has 0 saturated carbocycles. The maximum Gasteiger partial charge on any atom is 0.223 e. The van der Waals surface area contributed by atoms with Gasteiger partial charge in [-0.15, -0.1) is 0 Å². The van der Waals surface area contributed by atoms with Gasteiger partial charge in [0, 0.05) is 18.3 Å². The Morgan fingerprint density at radius 2 is 2.16 bits per heavy atom. The van der Waals surface area contributed by atoms with Crippen LogP contribution in [0.2, 0.25) is 0 Å². The molecular weight excluding hydrogens is 247 g/mol. The Kier molecular flexibility index (Phi) is 4.22. The van der Waals surface area contributed by atoms with Crippen molar-refractivity contribution in [2.24, 2.45) is 0 Å². The standard InChI is InChI=1S/C13H15FN4O/c1-3-4-16-13-17-8-11(14)12(18-13)9-5-10(19-2)7-15-6-9/h5-8H,3-4H2,1-2H3,(H,16,17,18). The molecule has 0 spiro atoms. The van der Waals surface area contributed by atoms with Crippen LogP contribution in [0.1, 0.15) is 13.3 Å². The average molecular weight is 262 g/mol. The van der Waals surface area contributed by atoms with Gasteiger partial charge in [0.2, 0.25) is 5.95 Å². The fraction of sp³-hybridized carbons (Fsp3) is 0.308. The summed E-state index contributed by atoms with van der Waals surface area (Å²) in [5, 5.41) is 3.02. The summed E-state index contributed by atoms with van der Waals surface area (Å²) < 4.78 is 18.9. The van der Waals surface area contributed by atoms with Crippen LogP contribution in [0.15, 0.2) is 24.7 Å². The first-order valence-electron chi connectivity index (χ1n) is 6.00. The van der Waals surface area contributed by atoms with Crippen LogP contribution in [0.5, 0.6) is 5.75 Å². The molecule has 2 rings (SSSR count). The van der Waals surface area contributed by atoms with Gasteiger partial charge in [-0.2, -0.15) is 0 Å². The number of hydrogen-bond donors (Lipinski definition) is 1. The van der Waals surface area contributed by atoms with Crippen molar-refractivity contribution in [3.05, 3.63) is 30.5 Å². The SMILES string of the molecule is CCCNc1ncc(F)c(-c2cncc(OC)c2)n1. The summed E-state index contributed by atoms with van der Waals surface area (Å²) in [6.07, 6.45) is 5.19. The fourth-order valence-electron chi connectivity index (χ4n) is 1.55. The normalized spacial score (nSPS) is 10.3. The highest BCUT2D eigenvalue weighted by Gasteiger charge is 2.10. The molecule has 2 heterocycles. The van der Waals surface area contributed by atoms with Gasteiger partial charge in [-0.3, -0.25) is 4.98 Å². The Morgan fingerprint density at radius 1 is 1.32 bits per heavy atom. The Hall–Kier alpha value is -2.24. The number of nitrogens with zero attached hydrogens (tertiary/aromatic N) is 3. The molecule has 0 amide bonds. The van der Waals surface area contributed by atoms with Crippen molar-refractivity contribution < 1.29 is 9.13 Å². The van der Waals surface area contributed by atoms with Gasteiger partial charge in [0.15, 0.2) is 5.82 Å². The van der Waals surface area contributed by atoms with Crippen molar-refractivity contribution in [2.45, 2.75) is 13.3 Å². The number of ether oxygens (including phenoxy) is 1. The van der Waals surface area contributed by atoms with E-state index in [1.807, 2.05) is 6.92 Å². The number of halogens is 1.